The number of alkyl halides is 3. The van der Waals surface area contributed by atoms with Gasteiger partial charge in [-0.1, -0.05) is 13.0 Å². The monoisotopic (exact) mass is 559 g/mol. The van der Waals surface area contributed by atoms with Crippen LogP contribution in [0.5, 0.6) is 0 Å². The zero-order valence-corrected chi connectivity index (χ0v) is 21.7. The molecule has 0 aliphatic carbocycles. The maximum Gasteiger partial charge on any atom is 0.434 e. The van der Waals surface area contributed by atoms with Crippen LogP contribution in [0.25, 0.3) is 32.6 Å². The molecule has 0 bridgehead atoms. The van der Waals surface area contributed by atoms with Crippen molar-refractivity contribution in [2.75, 3.05) is 18.5 Å². The molecule has 204 valence electrons. The molecule has 0 saturated heterocycles. The van der Waals surface area contributed by atoms with Crippen LogP contribution in [0.15, 0.2) is 46.8 Å². The van der Waals surface area contributed by atoms with Gasteiger partial charge in [-0.25, -0.2) is 9.97 Å². The van der Waals surface area contributed by atoms with Crippen molar-refractivity contribution in [1.82, 2.24) is 19.9 Å². The van der Waals surface area contributed by atoms with Crippen LogP contribution in [0.1, 0.15) is 36.3 Å². The van der Waals surface area contributed by atoms with E-state index in [4.69, 9.17) is 5.11 Å². The number of nitrogens with one attached hydrogen (secondary N) is 2. The van der Waals surface area contributed by atoms with E-state index < -0.39 is 29.1 Å². The second-order valence-corrected chi connectivity index (χ2v) is 9.47. The van der Waals surface area contributed by atoms with Gasteiger partial charge >= 0.3 is 6.18 Å². The number of carbonyl (C=O) groups excluding carboxylic acids is 2. The topological polar surface area (TPSA) is 126 Å². The lowest BCUT2D eigenvalue weighted by atomic mass is 9.99. The lowest BCUT2D eigenvalue weighted by Crippen LogP contribution is -2.31. The van der Waals surface area contributed by atoms with Crippen molar-refractivity contribution >= 4 is 39.9 Å². The van der Waals surface area contributed by atoms with Crippen LogP contribution >= 0.6 is 11.3 Å². The summed E-state index contributed by atoms with van der Waals surface area (Å²) in [7, 11) is 0. The summed E-state index contributed by atoms with van der Waals surface area (Å²) in [6, 6.07) is 6.33. The smallest absolute Gasteiger partial charge is 0.395 e. The third-order valence-electron chi connectivity index (χ3n) is 5.73. The molecule has 0 unspecified atom stereocenters. The number of carbonyl (C=O) groups is 2. The van der Waals surface area contributed by atoms with Crippen LogP contribution < -0.4 is 16.1 Å². The minimum absolute atomic E-state index is 0.0000916. The van der Waals surface area contributed by atoms with Crippen LogP contribution in [0, 0.1) is 0 Å². The van der Waals surface area contributed by atoms with Gasteiger partial charge in [0.15, 0.2) is 5.69 Å². The maximum atomic E-state index is 13.3. The molecule has 3 aromatic heterocycles. The Balaban J connectivity index is 1.90. The highest BCUT2D eigenvalue weighted by Crippen LogP contribution is 2.39. The van der Waals surface area contributed by atoms with Crippen LogP contribution in [0.2, 0.25) is 0 Å². The van der Waals surface area contributed by atoms with E-state index in [9.17, 15) is 27.6 Å². The number of nitrogens with zero attached hydrogens (tertiary/aromatic N) is 3. The van der Waals surface area contributed by atoms with Crippen molar-refractivity contribution in [2.24, 2.45) is 0 Å². The van der Waals surface area contributed by atoms with E-state index in [1.165, 1.54) is 25.4 Å². The minimum atomic E-state index is -4.62. The number of fused-ring (bicyclic) bond motifs is 1. The summed E-state index contributed by atoms with van der Waals surface area (Å²) in [6.07, 6.45) is -1.05. The Kier molecular flexibility index (Phi) is 8.11. The van der Waals surface area contributed by atoms with Crippen molar-refractivity contribution < 1.29 is 27.9 Å². The van der Waals surface area contributed by atoms with Crippen molar-refractivity contribution in [3.63, 3.8) is 0 Å². The predicted octanol–water partition coefficient (Wildman–Crippen LogP) is 4.30. The molecule has 0 aliphatic heterocycles. The summed E-state index contributed by atoms with van der Waals surface area (Å²) >= 11 is 0.806. The summed E-state index contributed by atoms with van der Waals surface area (Å²) in [6.45, 7) is 3.43. The summed E-state index contributed by atoms with van der Waals surface area (Å²) in [5.74, 6) is -0.856. The third kappa shape index (κ3) is 5.99. The van der Waals surface area contributed by atoms with E-state index in [0.717, 1.165) is 16.7 Å². The Hall–Kier alpha value is -4.10. The molecule has 0 atom stereocenters. The van der Waals surface area contributed by atoms with E-state index in [1.54, 1.807) is 22.8 Å². The molecular formula is C26H24F3N5O4S. The number of pyridine rings is 2. The summed E-state index contributed by atoms with van der Waals surface area (Å²) < 4.78 is 41.6. The number of aromatic nitrogens is 3. The van der Waals surface area contributed by atoms with Crippen molar-refractivity contribution in [3.05, 3.63) is 63.5 Å². The van der Waals surface area contributed by atoms with Gasteiger partial charge in [-0.15, -0.1) is 11.3 Å². The molecule has 4 rings (SSSR count). The van der Waals surface area contributed by atoms with E-state index >= 15 is 0 Å². The number of halogens is 3. The highest BCUT2D eigenvalue weighted by molar-refractivity contribution is 7.13. The summed E-state index contributed by atoms with van der Waals surface area (Å²) in [4.78, 5) is 45.3. The lowest BCUT2D eigenvalue weighted by molar-refractivity contribution is -0.140. The van der Waals surface area contributed by atoms with Crippen molar-refractivity contribution in [3.8, 4) is 21.7 Å². The molecule has 2 amide bonds. The first-order chi connectivity index (χ1) is 18.5. The van der Waals surface area contributed by atoms with Crippen LogP contribution in [0.4, 0.5) is 19.0 Å². The fourth-order valence-corrected chi connectivity index (χ4v) is 4.91. The number of aryl methyl sites for hydroxylation is 1. The van der Waals surface area contributed by atoms with Gasteiger partial charge in [0.1, 0.15) is 16.4 Å². The maximum absolute atomic E-state index is 13.3. The molecule has 0 aliphatic rings. The third-order valence-corrected chi connectivity index (χ3v) is 6.61. The van der Waals surface area contributed by atoms with Gasteiger partial charge < -0.3 is 20.3 Å². The largest absolute Gasteiger partial charge is 0.434 e. The molecule has 3 heterocycles. The Morgan fingerprint density at radius 3 is 2.59 bits per heavy atom. The van der Waals surface area contributed by atoms with Crippen molar-refractivity contribution in [2.45, 2.75) is 33.0 Å². The number of benzene rings is 1. The number of amides is 2. The summed E-state index contributed by atoms with van der Waals surface area (Å²) in [5.41, 5.74) is 0.228. The molecule has 4 aromatic rings. The van der Waals surface area contributed by atoms with Crippen LogP contribution in [0.3, 0.4) is 0 Å². The summed E-state index contributed by atoms with van der Waals surface area (Å²) in [5, 5.41) is 15.3. The van der Waals surface area contributed by atoms with Gasteiger partial charge in [0.2, 0.25) is 11.3 Å². The average molecular weight is 560 g/mol. The Morgan fingerprint density at radius 1 is 1.18 bits per heavy atom. The normalized spacial score (nSPS) is 11.5. The number of aliphatic hydroxyl groups is 1. The molecular weight excluding hydrogens is 535 g/mol. The Labute approximate surface area is 224 Å². The minimum Gasteiger partial charge on any atom is -0.395 e. The van der Waals surface area contributed by atoms with Gasteiger partial charge in [-0.2, -0.15) is 13.2 Å². The Bertz CT molecular complexity index is 1610. The van der Waals surface area contributed by atoms with Gasteiger partial charge in [0, 0.05) is 54.3 Å². The van der Waals surface area contributed by atoms with Gasteiger partial charge in [-0.3, -0.25) is 14.4 Å². The lowest BCUT2D eigenvalue weighted by Gasteiger charge is -2.15. The first kappa shape index (κ1) is 27.9. The predicted molar refractivity (Wildman–Crippen MR) is 142 cm³/mol. The quantitative estimate of drug-likeness (QED) is 0.296. The number of hydrogen-bond donors (Lipinski definition) is 3. The van der Waals surface area contributed by atoms with Crippen LogP contribution in [-0.4, -0.2) is 44.6 Å². The second-order valence-electron chi connectivity index (χ2n) is 8.61. The molecule has 0 spiro atoms. The molecule has 0 radical (unpaired) electrons. The highest BCUT2D eigenvalue weighted by atomic mass is 32.1. The first-order valence-corrected chi connectivity index (χ1v) is 12.8. The molecule has 9 nitrogen and oxygen atoms in total. The van der Waals surface area contributed by atoms with E-state index in [1.807, 2.05) is 6.92 Å². The SMILES string of the molecule is CCCn1cc(C(=O)NCCO)c(=O)c2ccc(-c3cnc(NC(C)=O)cc3-c3nc(C(F)(F)F)cs3)cc21. The van der Waals surface area contributed by atoms with Crippen molar-refractivity contribution in [1.29, 1.82) is 0 Å². The molecule has 13 heteroatoms. The number of rotatable bonds is 8. The number of anilines is 1. The first-order valence-electron chi connectivity index (χ1n) is 11.9. The van der Waals surface area contributed by atoms with E-state index in [0.29, 0.717) is 35.2 Å². The molecule has 0 saturated carbocycles. The molecule has 1 aromatic carbocycles. The van der Waals surface area contributed by atoms with Gasteiger partial charge in [0.25, 0.3) is 5.91 Å². The van der Waals surface area contributed by atoms with E-state index in [2.05, 4.69) is 20.6 Å². The highest BCUT2D eigenvalue weighted by Gasteiger charge is 2.34. The number of hydrogen-bond acceptors (Lipinski definition) is 7. The average Bonchev–Trinajstić information content (AvgIpc) is 3.39. The molecule has 3 N–H and O–H groups in total. The number of aliphatic hydroxyl groups excluding tert-OH is 1. The zero-order chi connectivity index (χ0) is 28.3. The molecule has 39 heavy (non-hydrogen) atoms. The van der Waals surface area contributed by atoms with Crippen LogP contribution in [-0.2, 0) is 17.5 Å². The fourth-order valence-electron chi connectivity index (χ4n) is 4.05. The number of thiazole rings is 1. The molecule has 0 fully saturated rings. The zero-order valence-electron chi connectivity index (χ0n) is 20.9. The fraction of sp³-hybridized carbons (Fsp3) is 0.269. The Morgan fingerprint density at radius 2 is 1.95 bits per heavy atom. The standard InChI is InChI=1S/C26H24F3N5O4S/c1-3-7-34-12-19(24(38)30-6-8-35)23(37)16-5-4-15(9-20(16)34)18-11-31-22(32-14(2)36)10-17(18)25-33-21(13-39-25)26(27,28)29/h4-5,9-13,35H,3,6-8H2,1-2H3,(H,30,38)(H,31,32,36). The van der Waals surface area contributed by atoms with Gasteiger partial charge in [0.05, 0.1) is 12.1 Å². The second kappa shape index (κ2) is 11.3. The van der Waals surface area contributed by atoms with E-state index in [-0.39, 0.29) is 34.9 Å². The van der Waals surface area contributed by atoms with Gasteiger partial charge in [-0.05, 0) is 30.2 Å².